The first-order chi connectivity index (χ1) is 9.31. The van der Waals surface area contributed by atoms with Gasteiger partial charge in [-0.1, -0.05) is 100 Å². The van der Waals surface area contributed by atoms with Crippen molar-refractivity contribution in [1.29, 1.82) is 0 Å². The molecule has 0 aliphatic carbocycles. The van der Waals surface area contributed by atoms with E-state index in [0.717, 1.165) is 6.42 Å². The van der Waals surface area contributed by atoms with Crippen molar-refractivity contribution in [3.63, 3.8) is 0 Å². The monoisotopic (exact) mass is 333 g/mol. The molecular formula is C17H36BrN. The Hall–Kier alpha value is 0.440. The minimum atomic E-state index is 0.514. The van der Waals surface area contributed by atoms with E-state index in [1.165, 1.54) is 83.6 Å². The molecule has 0 saturated carbocycles. The first kappa shape index (κ1) is 19.4. The van der Waals surface area contributed by atoms with Crippen molar-refractivity contribution in [1.82, 2.24) is 5.32 Å². The lowest BCUT2D eigenvalue weighted by Gasteiger charge is -2.09. The zero-order valence-electron chi connectivity index (χ0n) is 13.4. The number of unbranched alkanes of at least 4 members (excludes halogenated alkanes) is 11. The van der Waals surface area contributed by atoms with E-state index in [9.17, 15) is 0 Å². The number of rotatable bonds is 15. The number of alkyl halides is 1. The average Bonchev–Trinajstić information content (AvgIpc) is 2.43. The summed E-state index contributed by atoms with van der Waals surface area (Å²) in [5, 5.41) is 3.48. The Balaban J connectivity index is 2.95. The fraction of sp³-hybridized carbons (Fsp3) is 1.00. The van der Waals surface area contributed by atoms with Gasteiger partial charge >= 0.3 is 0 Å². The van der Waals surface area contributed by atoms with Crippen molar-refractivity contribution < 1.29 is 0 Å². The third-order valence-electron chi connectivity index (χ3n) is 3.75. The van der Waals surface area contributed by atoms with Crippen LogP contribution in [0.15, 0.2) is 0 Å². The summed E-state index contributed by atoms with van der Waals surface area (Å²) in [5.74, 6) is 0. The maximum Gasteiger partial charge on any atom is 0.0628 e. The second-order valence-electron chi connectivity index (χ2n) is 5.72. The standard InChI is InChI=1S/C17H36BrN/c1-3-5-6-7-8-9-10-11-12-13-14-15-16-19-17(18)4-2/h17,19H,3-16H2,1-2H3. The van der Waals surface area contributed by atoms with Gasteiger partial charge in [-0.25, -0.2) is 0 Å². The minimum absolute atomic E-state index is 0.514. The van der Waals surface area contributed by atoms with Gasteiger partial charge in [0.15, 0.2) is 0 Å². The van der Waals surface area contributed by atoms with Gasteiger partial charge in [-0.3, -0.25) is 0 Å². The molecule has 0 saturated heterocycles. The molecule has 0 amide bonds. The Morgan fingerprint density at radius 1 is 0.684 bits per heavy atom. The molecule has 0 heterocycles. The third kappa shape index (κ3) is 16.4. The van der Waals surface area contributed by atoms with Gasteiger partial charge in [-0.15, -0.1) is 0 Å². The van der Waals surface area contributed by atoms with E-state index in [2.05, 4.69) is 35.1 Å². The molecule has 0 aromatic heterocycles. The lowest BCUT2D eigenvalue weighted by atomic mass is 10.1. The molecule has 0 aromatic carbocycles. The highest BCUT2D eigenvalue weighted by Crippen LogP contribution is 2.11. The lowest BCUT2D eigenvalue weighted by Crippen LogP contribution is -2.23. The second kappa shape index (κ2) is 16.5. The van der Waals surface area contributed by atoms with Crippen molar-refractivity contribution in [2.24, 2.45) is 0 Å². The van der Waals surface area contributed by atoms with E-state index in [0.29, 0.717) is 4.95 Å². The summed E-state index contributed by atoms with van der Waals surface area (Å²) in [6.07, 6.45) is 18.3. The first-order valence-electron chi connectivity index (χ1n) is 8.68. The predicted molar refractivity (Wildman–Crippen MR) is 92.1 cm³/mol. The zero-order valence-corrected chi connectivity index (χ0v) is 14.9. The van der Waals surface area contributed by atoms with E-state index >= 15 is 0 Å². The van der Waals surface area contributed by atoms with Crippen LogP contribution in [0.25, 0.3) is 0 Å². The molecule has 0 bridgehead atoms. The average molecular weight is 334 g/mol. The van der Waals surface area contributed by atoms with Crippen molar-refractivity contribution in [2.75, 3.05) is 6.54 Å². The Kier molecular flexibility index (Phi) is 16.9. The lowest BCUT2D eigenvalue weighted by molar-refractivity contribution is 0.532. The molecule has 0 radical (unpaired) electrons. The fourth-order valence-corrected chi connectivity index (χ4v) is 2.60. The van der Waals surface area contributed by atoms with Crippen LogP contribution in [-0.2, 0) is 0 Å². The van der Waals surface area contributed by atoms with Crippen molar-refractivity contribution in [3.8, 4) is 0 Å². The minimum Gasteiger partial charge on any atom is -0.305 e. The van der Waals surface area contributed by atoms with Gasteiger partial charge in [0, 0.05) is 0 Å². The van der Waals surface area contributed by atoms with Crippen LogP contribution in [0.4, 0.5) is 0 Å². The fourth-order valence-electron chi connectivity index (χ4n) is 2.37. The molecule has 0 aliphatic rings. The van der Waals surface area contributed by atoms with Gasteiger partial charge in [0.25, 0.3) is 0 Å². The van der Waals surface area contributed by atoms with Crippen LogP contribution < -0.4 is 5.32 Å². The summed E-state index contributed by atoms with van der Waals surface area (Å²) in [5.41, 5.74) is 0. The van der Waals surface area contributed by atoms with Crippen molar-refractivity contribution in [2.45, 2.75) is 102 Å². The maximum atomic E-state index is 3.60. The number of hydrogen-bond donors (Lipinski definition) is 1. The second-order valence-corrected chi connectivity index (χ2v) is 6.82. The quantitative estimate of drug-likeness (QED) is 0.207. The van der Waals surface area contributed by atoms with E-state index in [-0.39, 0.29) is 0 Å². The summed E-state index contributed by atoms with van der Waals surface area (Å²) in [6, 6.07) is 0. The highest BCUT2D eigenvalue weighted by atomic mass is 79.9. The van der Waals surface area contributed by atoms with E-state index in [1.54, 1.807) is 0 Å². The maximum absolute atomic E-state index is 3.60. The summed E-state index contributed by atoms with van der Waals surface area (Å²) in [7, 11) is 0. The van der Waals surface area contributed by atoms with E-state index in [1.807, 2.05) is 0 Å². The number of hydrogen-bond acceptors (Lipinski definition) is 1. The molecule has 1 N–H and O–H groups in total. The van der Waals surface area contributed by atoms with Crippen molar-refractivity contribution in [3.05, 3.63) is 0 Å². The smallest absolute Gasteiger partial charge is 0.0628 e. The molecule has 0 rings (SSSR count). The molecule has 1 atom stereocenters. The van der Waals surface area contributed by atoms with Crippen molar-refractivity contribution >= 4 is 15.9 Å². The van der Waals surface area contributed by atoms with E-state index in [4.69, 9.17) is 0 Å². The zero-order chi connectivity index (χ0) is 14.2. The number of halogens is 1. The Bertz CT molecular complexity index is 161. The topological polar surface area (TPSA) is 12.0 Å². The normalized spacial score (nSPS) is 12.8. The molecule has 1 unspecified atom stereocenters. The third-order valence-corrected chi connectivity index (χ3v) is 4.73. The molecule has 19 heavy (non-hydrogen) atoms. The van der Waals surface area contributed by atoms with Gasteiger partial charge in [-0.2, -0.15) is 0 Å². The van der Waals surface area contributed by atoms with Crippen LogP contribution in [0, 0.1) is 0 Å². The molecule has 2 heteroatoms. The van der Waals surface area contributed by atoms with Gasteiger partial charge < -0.3 is 5.32 Å². The van der Waals surface area contributed by atoms with Gasteiger partial charge in [0.1, 0.15) is 0 Å². The first-order valence-corrected chi connectivity index (χ1v) is 9.60. The van der Waals surface area contributed by atoms with Crippen LogP contribution in [0.3, 0.4) is 0 Å². The molecule has 0 aromatic rings. The van der Waals surface area contributed by atoms with E-state index < -0.39 is 0 Å². The largest absolute Gasteiger partial charge is 0.305 e. The van der Waals surface area contributed by atoms with Gasteiger partial charge in [-0.05, 0) is 19.4 Å². The summed E-state index contributed by atoms with van der Waals surface area (Å²) in [6.45, 7) is 5.66. The van der Waals surface area contributed by atoms with Crippen LogP contribution in [-0.4, -0.2) is 11.5 Å². The molecule has 1 nitrogen and oxygen atoms in total. The van der Waals surface area contributed by atoms with Crippen LogP contribution in [0.5, 0.6) is 0 Å². The molecule has 0 aliphatic heterocycles. The summed E-state index contributed by atoms with van der Waals surface area (Å²) >= 11 is 3.60. The molecular weight excluding hydrogens is 298 g/mol. The van der Waals surface area contributed by atoms with Crippen LogP contribution >= 0.6 is 15.9 Å². The summed E-state index contributed by atoms with van der Waals surface area (Å²) in [4.78, 5) is 0.514. The van der Waals surface area contributed by atoms with Crippen LogP contribution in [0.2, 0.25) is 0 Å². The molecule has 116 valence electrons. The van der Waals surface area contributed by atoms with Gasteiger partial charge in [0.05, 0.1) is 4.95 Å². The van der Waals surface area contributed by atoms with Gasteiger partial charge in [0.2, 0.25) is 0 Å². The Labute approximate surface area is 130 Å². The predicted octanol–water partition coefficient (Wildman–Crippen LogP) is 6.41. The molecule has 0 fully saturated rings. The number of nitrogens with one attached hydrogen (secondary N) is 1. The SMILES string of the molecule is CCCCCCCCCCCCCCNC(Br)CC. The Morgan fingerprint density at radius 2 is 1.11 bits per heavy atom. The highest BCUT2D eigenvalue weighted by molar-refractivity contribution is 9.09. The van der Waals surface area contributed by atoms with Crippen LogP contribution in [0.1, 0.15) is 97.3 Å². The summed E-state index contributed by atoms with van der Waals surface area (Å²) < 4.78 is 0. The Morgan fingerprint density at radius 3 is 1.53 bits per heavy atom. The highest BCUT2D eigenvalue weighted by Gasteiger charge is 1.97. The molecule has 0 spiro atoms.